The van der Waals surface area contributed by atoms with Crippen LogP contribution in [0, 0.1) is 11.8 Å². The summed E-state index contributed by atoms with van der Waals surface area (Å²) in [6.07, 6.45) is 9.13. The molecule has 1 rings (SSSR count). The zero-order valence-corrected chi connectivity index (χ0v) is 9.76. The Morgan fingerprint density at radius 2 is 2.29 bits per heavy atom. The van der Waals surface area contributed by atoms with E-state index >= 15 is 0 Å². The molecule has 1 heteroatoms. The van der Waals surface area contributed by atoms with Gasteiger partial charge in [-0.3, -0.25) is 0 Å². The minimum absolute atomic E-state index is 0.469. The molecule has 0 aromatic carbocycles. The monoisotopic (exact) mass is 195 g/mol. The third-order valence-electron chi connectivity index (χ3n) is 3.42. The van der Waals surface area contributed by atoms with Crippen molar-refractivity contribution < 1.29 is 0 Å². The van der Waals surface area contributed by atoms with E-state index in [9.17, 15) is 0 Å². The first-order valence-corrected chi connectivity index (χ1v) is 6.08. The molecule has 14 heavy (non-hydrogen) atoms. The fraction of sp³-hybridized carbons (Fsp3) is 0.846. The van der Waals surface area contributed by atoms with E-state index in [0.29, 0.717) is 6.04 Å². The lowest BCUT2D eigenvalue weighted by Crippen LogP contribution is -2.27. The van der Waals surface area contributed by atoms with E-state index in [4.69, 9.17) is 0 Å². The van der Waals surface area contributed by atoms with Crippen molar-refractivity contribution in [2.75, 3.05) is 6.54 Å². The van der Waals surface area contributed by atoms with Gasteiger partial charge in [-0.25, -0.2) is 0 Å². The predicted octanol–water partition coefficient (Wildman–Crippen LogP) is 3.37. The lowest BCUT2D eigenvalue weighted by molar-refractivity contribution is 0.267. The van der Waals surface area contributed by atoms with Gasteiger partial charge in [-0.2, -0.15) is 0 Å². The van der Waals surface area contributed by atoms with Crippen molar-refractivity contribution in [2.45, 2.75) is 52.0 Å². The molecule has 1 saturated carbocycles. The van der Waals surface area contributed by atoms with Crippen LogP contribution in [-0.4, -0.2) is 12.6 Å². The highest BCUT2D eigenvalue weighted by Crippen LogP contribution is 2.30. The molecule has 0 heterocycles. The van der Waals surface area contributed by atoms with Crippen LogP contribution in [-0.2, 0) is 0 Å². The Kier molecular flexibility index (Phi) is 5.24. The van der Waals surface area contributed by atoms with E-state index in [2.05, 4.69) is 25.7 Å². The molecular formula is C13H25N. The van der Waals surface area contributed by atoms with Crippen LogP contribution in [0.15, 0.2) is 12.7 Å². The highest BCUT2D eigenvalue weighted by Gasteiger charge is 2.18. The van der Waals surface area contributed by atoms with Gasteiger partial charge in [0.1, 0.15) is 0 Å². The highest BCUT2D eigenvalue weighted by molar-refractivity contribution is 4.81. The quantitative estimate of drug-likeness (QED) is 0.663. The third-order valence-corrected chi connectivity index (χ3v) is 3.42. The summed E-state index contributed by atoms with van der Waals surface area (Å²) in [6, 6.07) is 0.469. The van der Waals surface area contributed by atoms with Crippen molar-refractivity contribution in [3.05, 3.63) is 12.7 Å². The second-order valence-corrected chi connectivity index (χ2v) is 4.90. The summed E-state index contributed by atoms with van der Waals surface area (Å²) in [6.45, 7) is 9.49. The molecule has 3 atom stereocenters. The van der Waals surface area contributed by atoms with Crippen LogP contribution in [0.25, 0.3) is 0 Å². The molecule has 0 radical (unpaired) electrons. The summed E-state index contributed by atoms with van der Waals surface area (Å²) in [7, 11) is 0. The largest absolute Gasteiger partial charge is 0.311 e. The molecule has 82 valence electrons. The Hall–Kier alpha value is -0.300. The lowest BCUT2D eigenvalue weighted by atomic mass is 9.81. The molecule has 3 unspecified atom stereocenters. The van der Waals surface area contributed by atoms with Gasteiger partial charge in [0.2, 0.25) is 0 Å². The van der Waals surface area contributed by atoms with Gasteiger partial charge in [0.25, 0.3) is 0 Å². The third kappa shape index (κ3) is 4.28. The molecule has 1 nitrogen and oxygen atoms in total. The van der Waals surface area contributed by atoms with E-state index < -0.39 is 0 Å². The van der Waals surface area contributed by atoms with Gasteiger partial charge in [0.15, 0.2) is 0 Å². The molecular weight excluding hydrogens is 170 g/mol. The van der Waals surface area contributed by atoms with Gasteiger partial charge in [-0.15, -0.1) is 6.58 Å². The number of nitrogens with one attached hydrogen (secondary N) is 1. The molecule has 0 aromatic rings. The van der Waals surface area contributed by atoms with Gasteiger partial charge in [-0.05, 0) is 38.1 Å². The molecule has 1 N–H and O–H groups in total. The summed E-state index contributed by atoms with van der Waals surface area (Å²) < 4.78 is 0. The van der Waals surface area contributed by atoms with E-state index in [1.807, 2.05) is 6.08 Å². The Morgan fingerprint density at radius 1 is 1.50 bits per heavy atom. The molecule has 1 aliphatic rings. The van der Waals surface area contributed by atoms with Crippen LogP contribution in [0.1, 0.15) is 46.0 Å². The fourth-order valence-corrected chi connectivity index (χ4v) is 2.42. The van der Waals surface area contributed by atoms with Crippen molar-refractivity contribution >= 4 is 0 Å². The molecule has 0 aromatic heterocycles. The zero-order valence-electron chi connectivity index (χ0n) is 9.76. The first-order chi connectivity index (χ1) is 6.72. The maximum atomic E-state index is 3.78. The van der Waals surface area contributed by atoms with Crippen LogP contribution in [0.2, 0.25) is 0 Å². The molecule has 1 fully saturated rings. The minimum Gasteiger partial charge on any atom is -0.311 e. The normalized spacial score (nSPS) is 29.9. The molecule has 0 amide bonds. The van der Waals surface area contributed by atoms with E-state index in [0.717, 1.165) is 18.4 Å². The predicted molar refractivity (Wildman–Crippen MR) is 63.4 cm³/mol. The van der Waals surface area contributed by atoms with Crippen molar-refractivity contribution in [3.8, 4) is 0 Å². The maximum absolute atomic E-state index is 3.78. The summed E-state index contributed by atoms with van der Waals surface area (Å²) in [5.74, 6) is 1.94. The smallest absolute Gasteiger partial charge is 0.0219 e. The van der Waals surface area contributed by atoms with Crippen LogP contribution < -0.4 is 5.32 Å². The van der Waals surface area contributed by atoms with Crippen molar-refractivity contribution in [1.82, 2.24) is 5.32 Å². The standard InChI is InChI=1S/C13H25N/c1-4-12(3)14-9-8-13-7-5-6-11(2)10-13/h4,11-14H,1,5-10H2,2-3H3. The lowest BCUT2D eigenvalue weighted by Gasteiger charge is -2.27. The van der Waals surface area contributed by atoms with Crippen LogP contribution in [0.3, 0.4) is 0 Å². The van der Waals surface area contributed by atoms with Crippen molar-refractivity contribution in [2.24, 2.45) is 11.8 Å². The van der Waals surface area contributed by atoms with Crippen LogP contribution in [0.4, 0.5) is 0 Å². The number of hydrogen-bond donors (Lipinski definition) is 1. The van der Waals surface area contributed by atoms with Gasteiger partial charge in [-0.1, -0.05) is 32.3 Å². The average molecular weight is 195 g/mol. The molecule has 0 saturated heterocycles. The minimum atomic E-state index is 0.469. The van der Waals surface area contributed by atoms with Crippen LogP contribution >= 0.6 is 0 Å². The van der Waals surface area contributed by atoms with Crippen LogP contribution in [0.5, 0.6) is 0 Å². The average Bonchev–Trinajstić information content (AvgIpc) is 2.17. The summed E-state index contributed by atoms with van der Waals surface area (Å²) >= 11 is 0. The first-order valence-electron chi connectivity index (χ1n) is 6.08. The Morgan fingerprint density at radius 3 is 2.93 bits per heavy atom. The topological polar surface area (TPSA) is 12.0 Å². The van der Waals surface area contributed by atoms with E-state index in [1.54, 1.807) is 0 Å². The molecule has 0 bridgehead atoms. The van der Waals surface area contributed by atoms with Gasteiger partial charge < -0.3 is 5.32 Å². The Labute approximate surface area is 89.0 Å². The Balaban J connectivity index is 2.08. The fourth-order valence-electron chi connectivity index (χ4n) is 2.42. The SMILES string of the molecule is C=CC(C)NCCC1CCCC(C)C1. The molecule has 0 spiro atoms. The van der Waals surface area contributed by atoms with Gasteiger partial charge in [0.05, 0.1) is 0 Å². The van der Waals surface area contributed by atoms with Crippen molar-refractivity contribution in [3.63, 3.8) is 0 Å². The number of rotatable bonds is 5. The molecule has 0 aliphatic heterocycles. The van der Waals surface area contributed by atoms with Crippen molar-refractivity contribution in [1.29, 1.82) is 0 Å². The summed E-state index contributed by atoms with van der Waals surface area (Å²) in [5.41, 5.74) is 0. The van der Waals surface area contributed by atoms with Gasteiger partial charge in [0, 0.05) is 6.04 Å². The molecule has 1 aliphatic carbocycles. The first kappa shape index (κ1) is 11.8. The maximum Gasteiger partial charge on any atom is 0.0219 e. The van der Waals surface area contributed by atoms with E-state index in [-0.39, 0.29) is 0 Å². The van der Waals surface area contributed by atoms with Gasteiger partial charge >= 0.3 is 0 Å². The number of hydrogen-bond acceptors (Lipinski definition) is 1. The second kappa shape index (κ2) is 6.23. The zero-order chi connectivity index (χ0) is 10.4. The summed E-state index contributed by atoms with van der Waals surface area (Å²) in [5, 5.41) is 3.48. The Bertz CT molecular complexity index is 165. The van der Waals surface area contributed by atoms with E-state index in [1.165, 1.54) is 32.1 Å². The second-order valence-electron chi connectivity index (χ2n) is 4.90. The summed E-state index contributed by atoms with van der Waals surface area (Å²) in [4.78, 5) is 0. The highest BCUT2D eigenvalue weighted by atomic mass is 14.9.